The summed E-state index contributed by atoms with van der Waals surface area (Å²) in [5, 5.41) is 3.36. The Morgan fingerprint density at radius 2 is 1.81 bits per heavy atom. The third kappa shape index (κ3) is 6.70. The average molecular weight is 396 g/mol. The van der Waals surface area contributed by atoms with Crippen molar-refractivity contribution in [3.63, 3.8) is 0 Å². The van der Waals surface area contributed by atoms with E-state index in [-0.39, 0.29) is 0 Å². The third-order valence-corrected chi connectivity index (χ3v) is 6.06. The highest BCUT2D eigenvalue weighted by Gasteiger charge is 2.19. The first kappa shape index (κ1) is 21.5. The molecule has 0 unspecified atom stereocenters. The van der Waals surface area contributed by atoms with Gasteiger partial charge < -0.3 is 15.1 Å². The van der Waals surface area contributed by atoms with Crippen molar-refractivity contribution in [3.8, 4) is 0 Å². The molecule has 1 aromatic rings. The molecule has 1 aliphatic heterocycles. The molecule has 2 rings (SSSR count). The highest BCUT2D eigenvalue weighted by Crippen LogP contribution is 2.15. The number of nitrogens with zero attached hydrogens (tertiary/aromatic N) is 4. The lowest BCUT2D eigenvalue weighted by molar-refractivity contribution is 0.371. The zero-order valence-corrected chi connectivity index (χ0v) is 17.6. The van der Waals surface area contributed by atoms with Gasteiger partial charge in [-0.2, -0.15) is 0 Å². The second kappa shape index (κ2) is 10.5. The van der Waals surface area contributed by atoms with E-state index < -0.39 is 10.0 Å². The van der Waals surface area contributed by atoms with E-state index in [0.717, 1.165) is 45.1 Å². The van der Waals surface area contributed by atoms with Crippen LogP contribution in [0.3, 0.4) is 0 Å². The van der Waals surface area contributed by atoms with Crippen LogP contribution in [0.15, 0.2) is 35.3 Å². The Labute approximate surface area is 164 Å². The number of hydrogen-bond donors (Lipinski definition) is 1. The summed E-state index contributed by atoms with van der Waals surface area (Å²) in [4.78, 5) is 9.40. The van der Waals surface area contributed by atoms with Crippen LogP contribution in [0, 0.1) is 0 Å². The maximum Gasteiger partial charge on any atom is 0.211 e. The predicted molar refractivity (Wildman–Crippen MR) is 113 cm³/mol. The quantitative estimate of drug-likeness (QED) is 0.410. The number of guanidine groups is 1. The molecule has 27 heavy (non-hydrogen) atoms. The summed E-state index contributed by atoms with van der Waals surface area (Å²) in [6.45, 7) is 10.2. The van der Waals surface area contributed by atoms with Crippen molar-refractivity contribution in [1.82, 2.24) is 14.5 Å². The van der Waals surface area contributed by atoms with E-state index in [1.54, 1.807) is 0 Å². The molecule has 0 aromatic heterocycles. The first-order valence-corrected chi connectivity index (χ1v) is 11.6. The molecule has 0 saturated carbocycles. The lowest BCUT2D eigenvalue weighted by atomic mass is 10.2. The zero-order valence-electron chi connectivity index (χ0n) is 16.8. The van der Waals surface area contributed by atoms with Crippen LogP contribution in [0.2, 0.25) is 0 Å². The van der Waals surface area contributed by atoms with Crippen LogP contribution < -0.4 is 10.2 Å². The molecule has 0 aliphatic carbocycles. The molecule has 1 N–H and O–H groups in total. The monoisotopic (exact) mass is 395 g/mol. The van der Waals surface area contributed by atoms with Crippen LogP contribution in [-0.2, 0) is 10.0 Å². The van der Waals surface area contributed by atoms with Gasteiger partial charge in [-0.25, -0.2) is 12.7 Å². The topological polar surface area (TPSA) is 68.2 Å². The van der Waals surface area contributed by atoms with Gasteiger partial charge in [-0.3, -0.25) is 4.99 Å². The highest BCUT2D eigenvalue weighted by molar-refractivity contribution is 7.88. The Kier molecular flexibility index (Phi) is 8.37. The first-order chi connectivity index (χ1) is 13.0. The largest absolute Gasteiger partial charge is 0.368 e. The van der Waals surface area contributed by atoms with Gasteiger partial charge in [0.05, 0.1) is 6.26 Å². The smallest absolute Gasteiger partial charge is 0.211 e. The number of hydrogen-bond acceptors (Lipinski definition) is 4. The van der Waals surface area contributed by atoms with Crippen molar-refractivity contribution in [2.75, 3.05) is 63.5 Å². The minimum Gasteiger partial charge on any atom is -0.368 e. The molecule has 0 radical (unpaired) electrons. The summed E-state index contributed by atoms with van der Waals surface area (Å²) in [6, 6.07) is 10.5. The van der Waals surface area contributed by atoms with Crippen LogP contribution >= 0.6 is 0 Å². The molecule has 1 heterocycles. The van der Waals surface area contributed by atoms with Crippen LogP contribution in [0.25, 0.3) is 0 Å². The van der Waals surface area contributed by atoms with Crippen LogP contribution in [-0.4, -0.2) is 82.2 Å². The Bertz CT molecular complexity index is 685. The van der Waals surface area contributed by atoms with Crippen molar-refractivity contribution in [1.29, 1.82) is 0 Å². The molecule has 152 valence electrons. The van der Waals surface area contributed by atoms with Gasteiger partial charge in [0.25, 0.3) is 0 Å². The van der Waals surface area contributed by atoms with E-state index in [4.69, 9.17) is 4.99 Å². The van der Waals surface area contributed by atoms with Crippen LogP contribution in [0.5, 0.6) is 0 Å². The summed E-state index contributed by atoms with van der Waals surface area (Å²) >= 11 is 0. The van der Waals surface area contributed by atoms with Gasteiger partial charge >= 0.3 is 0 Å². The fourth-order valence-corrected chi connectivity index (χ4v) is 4.16. The van der Waals surface area contributed by atoms with Crippen LogP contribution in [0.1, 0.15) is 20.3 Å². The number of benzene rings is 1. The minimum absolute atomic E-state index is 0.504. The van der Waals surface area contributed by atoms with E-state index in [9.17, 15) is 8.42 Å². The van der Waals surface area contributed by atoms with Crippen LogP contribution in [0.4, 0.5) is 5.69 Å². The summed E-state index contributed by atoms with van der Waals surface area (Å²) in [5.74, 6) is 0.924. The Hall–Kier alpha value is -1.80. The molecule has 1 aliphatic rings. The van der Waals surface area contributed by atoms with Gasteiger partial charge in [-0.15, -0.1) is 0 Å². The average Bonchev–Trinajstić information content (AvgIpc) is 2.67. The molecular weight excluding hydrogens is 362 g/mol. The molecule has 1 fully saturated rings. The molecule has 1 aromatic carbocycles. The van der Waals surface area contributed by atoms with Gasteiger partial charge in [0, 0.05) is 58.0 Å². The van der Waals surface area contributed by atoms with E-state index in [0.29, 0.717) is 19.6 Å². The number of sulfonamides is 1. The van der Waals surface area contributed by atoms with Gasteiger partial charge in [-0.1, -0.05) is 25.1 Å². The van der Waals surface area contributed by atoms with E-state index in [1.807, 2.05) is 13.0 Å². The van der Waals surface area contributed by atoms with Crippen molar-refractivity contribution >= 4 is 21.7 Å². The third-order valence-electron chi connectivity index (χ3n) is 4.68. The van der Waals surface area contributed by atoms with Crippen molar-refractivity contribution in [3.05, 3.63) is 30.3 Å². The van der Waals surface area contributed by atoms with Gasteiger partial charge in [0.2, 0.25) is 10.0 Å². The number of nitrogens with one attached hydrogen (secondary N) is 1. The molecule has 7 nitrogen and oxygen atoms in total. The summed E-state index contributed by atoms with van der Waals surface area (Å²) < 4.78 is 24.8. The van der Waals surface area contributed by atoms with Gasteiger partial charge in [0.1, 0.15) is 0 Å². The molecule has 0 amide bonds. The normalized spacial score (nSPS) is 16.1. The predicted octanol–water partition coefficient (Wildman–Crippen LogP) is 1.45. The molecule has 8 heteroatoms. The second-order valence-corrected chi connectivity index (χ2v) is 8.64. The zero-order chi connectivity index (χ0) is 19.7. The van der Waals surface area contributed by atoms with E-state index in [1.165, 1.54) is 16.2 Å². The summed E-state index contributed by atoms with van der Waals surface area (Å²) in [5.41, 5.74) is 1.26. The fourth-order valence-electron chi connectivity index (χ4n) is 3.23. The Balaban J connectivity index is 1.86. The lowest BCUT2D eigenvalue weighted by Gasteiger charge is -2.37. The number of rotatable bonds is 8. The second-order valence-electron chi connectivity index (χ2n) is 6.65. The molecule has 0 bridgehead atoms. The standard InChI is InChI=1S/C19H33N5O2S/c1-4-20-19(21-12-9-13-24(5-2)27(3,25)26)23-16-14-22(15-17-23)18-10-7-6-8-11-18/h6-8,10-11H,4-5,9,12-17H2,1-3H3,(H,20,21). The molecule has 0 spiro atoms. The van der Waals surface area contributed by atoms with Gasteiger partial charge in [-0.05, 0) is 25.5 Å². The Morgan fingerprint density at radius 1 is 1.15 bits per heavy atom. The van der Waals surface area contributed by atoms with Crippen molar-refractivity contribution in [2.45, 2.75) is 20.3 Å². The molecule has 0 atom stereocenters. The molecular formula is C19H33N5O2S. The SMILES string of the molecule is CCNC(=NCCCN(CC)S(C)(=O)=O)N1CCN(c2ccccc2)CC1. The summed E-state index contributed by atoms with van der Waals surface area (Å²) in [6.07, 6.45) is 1.98. The fraction of sp³-hybridized carbons (Fsp3) is 0.632. The number of piperazine rings is 1. The van der Waals surface area contributed by atoms with Crippen molar-refractivity contribution < 1.29 is 8.42 Å². The number of anilines is 1. The van der Waals surface area contributed by atoms with Crippen molar-refractivity contribution in [2.24, 2.45) is 4.99 Å². The van der Waals surface area contributed by atoms with E-state index >= 15 is 0 Å². The van der Waals surface area contributed by atoms with Gasteiger partial charge in [0.15, 0.2) is 5.96 Å². The highest BCUT2D eigenvalue weighted by atomic mass is 32.2. The first-order valence-electron chi connectivity index (χ1n) is 9.74. The summed E-state index contributed by atoms with van der Waals surface area (Å²) in [7, 11) is -3.13. The number of para-hydroxylation sites is 1. The maximum atomic E-state index is 11.7. The Morgan fingerprint density at radius 3 is 2.37 bits per heavy atom. The van der Waals surface area contributed by atoms with E-state index in [2.05, 4.69) is 46.3 Å². The number of aliphatic imine (C=N–C) groups is 1. The minimum atomic E-state index is -3.13. The lowest BCUT2D eigenvalue weighted by Crippen LogP contribution is -2.52. The molecule has 1 saturated heterocycles. The maximum absolute atomic E-state index is 11.7.